The zero-order chi connectivity index (χ0) is 20.9. The highest BCUT2D eigenvalue weighted by Gasteiger charge is 2.31. The number of hydrogen-bond acceptors (Lipinski definition) is 4. The maximum Gasteiger partial charge on any atom is 0.416 e. The van der Waals surface area contributed by atoms with Gasteiger partial charge in [-0.1, -0.05) is 12.1 Å². The van der Waals surface area contributed by atoms with E-state index in [1.165, 1.54) is 0 Å². The van der Waals surface area contributed by atoms with Gasteiger partial charge in [0.2, 0.25) is 15.9 Å². The number of hydrogen-bond donors (Lipinski definition) is 2. The van der Waals surface area contributed by atoms with Crippen LogP contribution in [-0.4, -0.2) is 34.5 Å². The molecule has 2 N–H and O–H groups in total. The highest BCUT2D eigenvalue weighted by atomic mass is 32.2. The van der Waals surface area contributed by atoms with Gasteiger partial charge in [0.05, 0.1) is 17.0 Å². The van der Waals surface area contributed by atoms with Crippen LogP contribution in [0.25, 0.3) is 0 Å². The average molecular weight is 415 g/mol. The molecule has 0 atom stereocenters. The van der Waals surface area contributed by atoms with E-state index < -0.39 is 39.1 Å². The van der Waals surface area contributed by atoms with Crippen molar-refractivity contribution >= 4 is 27.3 Å². The molecule has 2 aromatic carbocycles. The van der Waals surface area contributed by atoms with E-state index in [4.69, 9.17) is 0 Å². The van der Waals surface area contributed by atoms with Crippen LogP contribution in [0.4, 0.5) is 24.5 Å². The van der Waals surface area contributed by atoms with Gasteiger partial charge in [0.1, 0.15) is 0 Å². The third-order valence-corrected chi connectivity index (χ3v) is 5.34. The van der Waals surface area contributed by atoms with E-state index >= 15 is 0 Å². The first kappa shape index (κ1) is 21.7. The second kappa shape index (κ2) is 8.61. The van der Waals surface area contributed by atoms with Gasteiger partial charge in [0.25, 0.3) is 0 Å². The Labute approximate surface area is 161 Å². The van der Waals surface area contributed by atoms with Crippen LogP contribution in [0.1, 0.15) is 12.5 Å². The van der Waals surface area contributed by atoms with Gasteiger partial charge in [0.15, 0.2) is 0 Å². The molecule has 152 valence electrons. The number of nitrogens with one attached hydrogen (secondary N) is 2. The summed E-state index contributed by atoms with van der Waals surface area (Å²) in [6.07, 6.45) is -4.67. The van der Waals surface area contributed by atoms with E-state index in [0.717, 1.165) is 30.4 Å². The standard InChI is InChI=1S/C18H20F3N3O3S/c1-3-24(2)15-8-5-7-14(11-15)23-17(25)12-22-28(26,27)16-9-4-6-13(10-16)18(19,20)21/h4-11,22H,3,12H2,1-2H3,(H,23,25). The minimum atomic E-state index is -4.67. The molecule has 0 radical (unpaired) electrons. The van der Waals surface area contributed by atoms with E-state index in [1.807, 2.05) is 29.7 Å². The molecule has 0 saturated heterocycles. The van der Waals surface area contributed by atoms with Crippen LogP contribution >= 0.6 is 0 Å². The Kier molecular flexibility index (Phi) is 6.68. The molecule has 0 bridgehead atoms. The van der Waals surface area contributed by atoms with Gasteiger partial charge in [-0.2, -0.15) is 13.2 Å². The van der Waals surface area contributed by atoms with Crippen molar-refractivity contribution in [2.75, 3.05) is 30.4 Å². The van der Waals surface area contributed by atoms with Gasteiger partial charge in [-0.15, -0.1) is 0 Å². The first-order valence-corrected chi connectivity index (χ1v) is 9.79. The van der Waals surface area contributed by atoms with E-state index in [2.05, 4.69) is 5.32 Å². The summed E-state index contributed by atoms with van der Waals surface area (Å²) in [6, 6.07) is 10.3. The molecule has 1 amide bonds. The van der Waals surface area contributed by atoms with Crippen molar-refractivity contribution in [3.05, 3.63) is 54.1 Å². The SMILES string of the molecule is CCN(C)c1cccc(NC(=O)CNS(=O)(=O)c2cccc(C(F)(F)F)c2)c1. The summed E-state index contributed by atoms with van der Waals surface area (Å²) in [4.78, 5) is 13.4. The number of carbonyl (C=O) groups excluding carboxylic acids is 1. The summed E-state index contributed by atoms with van der Waals surface area (Å²) in [6.45, 7) is 2.11. The minimum absolute atomic E-state index is 0.473. The number of carbonyl (C=O) groups is 1. The Balaban J connectivity index is 2.04. The first-order chi connectivity index (χ1) is 13.0. The van der Waals surface area contributed by atoms with Crippen molar-refractivity contribution in [1.82, 2.24) is 4.72 Å². The molecule has 28 heavy (non-hydrogen) atoms. The van der Waals surface area contributed by atoms with Crippen molar-refractivity contribution in [2.45, 2.75) is 18.0 Å². The van der Waals surface area contributed by atoms with Crippen LogP contribution in [0.3, 0.4) is 0 Å². The van der Waals surface area contributed by atoms with Crippen LogP contribution in [0, 0.1) is 0 Å². The molecule has 6 nitrogen and oxygen atoms in total. The zero-order valence-electron chi connectivity index (χ0n) is 15.2. The molecule has 0 aliphatic rings. The van der Waals surface area contributed by atoms with Gasteiger partial charge < -0.3 is 10.2 Å². The monoisotopic (exact) mass is 415 g/mol. The highest BCUT2D eigenvalue weighted by Crippen LogP contribution is 2.30. The summed E-state index contributed by atoms with van der Waals surface area (Å²) in [7, 11) is -2.40. The molecule has 2 aromatic rings. The maximum atomic E-state index is 12.7. The number of amides is 1. The van der Waals surface area contributed by atoms with Gasteiger partial charge in [-0.05, 0) is 43.3 Å². The Bertz CT molecular complexity index is 946. The zero-order valence-corrected chi connectivity index (χ0v) is 16.1. The van der Waals surface area contributed by atoms with Gasteiger partial charge in [-0.25, -0.2) is 13.1 Å². The Hall–Kier alpha value is -2.59. The molecular formula is C18H20F3N3O3S. The van der Waals surface area contributed by atoms with E-state index in [-0.39, 0.29) is 0 Å². The van der Waals surface area contributed by atoms with Crippen LogP contribution < -0.4 is 14.9 Å². The summed E-state index contributed by atoms with van der Waals surface area (Å²) < 4.78 is 64.6. The Morgan fingerprint density at radius 3 is 2.43 bits per heavy atom. The number of sulfonamides is 1. The molecule has 0 fully saturated rings. The van der Waals surface area contributed by atoms with Crippen LogP contribution in [0.2, 0.25) is 0 Å². The van der Waals surface area contributed by atoms with Crippen LogP contribution in [0.15, 0.2) is 53.4 Å². The van der Waals surface area contributed by atoms with Gasteiger partial charge in [-0.3, -0.25) is 4.79 Å². The molecule has 0 heterocycles. The smallest absolute Gasteiger partial charge is 0.375 e. The first-order valence-electron chi connectivity index (χ1n) is 8.31. The summed E-state index contributed by atoms with van der Waals surface area (Å²) in [5.41, 5.74) is 0.252. The Morgan fingerprint density at radius 2 is 1.79 bits per heavy atom. The van der Waals surface area contributed by atoms with Crippen molar-refractivity contribution in [3.63, 3.8) is 0 Å². The molecule has 0 aliphatic heterocycles. The molecule has 0 unspecified atom stereocenters. The Morgan fingerprint density at radius 1 is 1.11 bits per heavy atom. The predicted octanol–water partition coefficient (Wildman–Crippen LogP) is 3.08. The average Bonchev–Trinajstić information content (AvgIpc) is 2.65. The minimum Gasteiger partial charge on any atom is -0.375 e. The largest absolute Gasteiger partial charge is 0.416 e. The predicted molar refractivity (Wildman–Crippen MR) is 101 cm³/mol. The molecule has 0 saturated carbocycles. The molecule has 0 aliphatic carbocycles. The van der Waals surface area contributed by atoms with Crippen molar-refractivity contribution in [2.24, 2.45) is 0 Å². The molecule has 2 rings (SSSR count). The van der Waals surface area contributed by atoms with Crippen molar-refractivity contribution in [3.8, 4) is 0 Å². The molecule has 10 heteroatoms. The molecular weight excluding hydrogens is 395 g/mol. The van der Waals surface area contributed by atoms with Gasteiger partial charge >= 0.3 is 6.18 Å². The van der Waals surface area contributed by atoms with Crippen molar-refractivity contribution < 1.29 is 26.4 Å². The lowest BCUT2D eigenvalue weighted by molar-refractivity contribution is -0.137. The quantitative estimate of drug-likeness (QED) is 0.729. The fourth-order valence-electron chi connectivity index (χ4n) is 2.29. The van der Waals surface area contributed by atoms with E-state index in [1.54, 1.807) is 18.2 Å². The third kappa shape index (κ3) is 5.70. The molecule has 0 aromatic heterocycles. The highest BCUT2D eigenvalue weighted by molar-refractivity contribution is 7.89. The second-order valence-corrected chi connectivity index (χ2v) is 7.73. The number of anilines is 2. The van der Waals surface area contributed by atoms with E-state index in [9.17, 15) is 26.4 Å². The second-order valence-electron chi connectivity index (χ2n) is 5.96. The lowest BCUT2D eigenvalue weighted by atomic mass is 10.2. The lowest BCUT2D eigenvalue weighted by Crippen LogP contribution is -2.33. The van der Waals surface area contributed by atoms with Crippen LogP contribution in [-0.2, 0) is 21.0 Å². The summed E-state index contributed by atoms with van der Waals surface area (Å²) in [5.74, 6) is -0.646. The third-order valence-electron chi connectivity index (χ3n) is 3.94. The van der Waals surface area contributed by atoms with Gasteiger partial charge in [0, 0.05) is 25.0 Å². The maximum absolute atomic E-state index is 12.7. The number of alkyl halides is 3. The number of benzene rings is 2. The fraction of sp³-hybridized carbons (Fsp3) is 0.278. The topological polar surface area (TPSA) is 78.5 Å². The fourth-order valence-corrected chi connectivity index (χ4v) is 3.32. The molecule has 0 spiro atoms. The van der Waals surface area contributed by atoms with E-state index in [0.29, 0.717) is 11.8 Å². The van der Waals surface area contributed by atoms with Crippen LogP contribution in [0.5, 0.6) is 0 Å². The van der Waals surface area contributed by atoms with Crippen molar-refractivity contribution in [1.29, 1.82) is 0 Å². The number of nitrogens with zero attached hydrogens (tertiary/aromatic N) is 1. The summed E-state index contributed by atoms with van der Waals surface area (Å²) in [5, 5.41) is 2.55. The lowest BCUT2D eigenvalue weighted by Gasteiger charge is -2.17. The number of halogens is 3. The normalized spacial score (nSPS) is 11.9. The number of rotatable bonds is 7. The summed E-state index contributed by atoms with van der Waals surface area (Å²) >= 11 is 0.